The Bertz CT molecular complexity index is 931. The molecule has 0 bridgehead atoms. The summed E-state index contributed by atoms with van der Waals surface area (Å²) in [6.45, 7) is 0. The number of aryl methyl sites for hydroxylation is 1. The lowest BCUT2D eigenvalue weighted by molar-refractivity contribution is -0.115. The second-order valence-electron chi connectivity index (χ2n) is 5.11. The summed E-state index contributed by atoms with van der Waals surface area (Å²) in [7, 11) is 1.65. The fourth-order valence-corrected chi connectivity index (χ4v) is 2.13. The molecular weight excluding hydrogens is 332 g/mol. The lowest BCUT2D eigenvalue weighted by atomic mass is 10.2. The van der Waals surface area contributed by atoms with Gasteiger partial charge in [0.15, 0.2) is 5.82 Å². The number of pyridine rings is 1. The van der Waals surface area contributed by atoms with E-state index in [9.17, 15) is 9.59 Å². The SMILES string of the molecule is Cn1ccc(-c2nc(CC(=O)Nc3ccc(Cl)cc3)no2)cc1=O. The maximum Gasteiger partial charge on any atom is 0.258 e. The normalized spacial score (nSPS) is 10.6. The molecule has 0 fully saturated rings. The second-order valence-corrected chi connectivity index (χ2v) is 5.55. The molecule has 8 heteroatoms. The van der Waals surface area contributed by atoms with Gasteiger partial charge in [-0.15, -0.1) is 0 Å². The number of hydrogen-bond acceptors (Lipinski definition) is 5. The van der Waals surface area contributed by atoms with Crippen molar-refractivity contribution in [3.63, 3.8) is 0 Å². The minimum absolute atomic E-state index is 0.0447. The van der Waals surface area contributed by atoms with Gasteiger partial charge in [0, 0.05) is 35.6 Å². The monoisotopic (exact) mass is 344 g/mol. The maximum absolute atomic E-state index is 12.0. The number of nitrogens with zero attached hydrogens (tertiary/aromatic N) is 3. The van der Waals surface area contributed by atoms with Gasteiger partial charge in [-0.2, -0.15) is 4.98 Å². The Balaban J connectivity index is 1.69. The summed E-state index contributed by atoms with van der Waals surface area (Å²) in [5, 5.41) is 7.06. The lowest BCUT2D eigenvalue weighted by Crippen LogP contribution is -2.15. The predicted molar refractivity (Wildman–Crippen MR) is 88.8 cm³/mol. The molecule has 0 aliphatic carbocycles. The van der Waals surface area contributed by atoms with Crippen LogP contribution in [0.5, 0.6) is 0 Å². The molecule has 2 aromatic heterocycles. The zero-order valence-electron chi connectivity index (χ0n) is 12.7. The molecule has 3 rings (SSSR count). The molecule has 1 N–H and O–H groups in total. The van der Waals surface area contributed by atoms with Gasteiger partial charge in [0.2, 0.25) is 5.91 Å². The first-order valence-electron chi connectivity index (χ1n) is 7.06. The fourth-order valence-electron chi connectivity index (χ4n) is 2.01. The Labute approximate surface area is 141 Å². The third kappa shape index (κ3) is 3.69. The molecule has 1 amide bonds. The van der Waals surface area contributed by atoms with Crippen molar-refractivity contribution in [3.8, 4) is 11.5 Å². The Morgan fingerprint density at radius 3 is 2.75 bits per heavy atom. The van der Waals surface area contributed by atoms with E-state index in [0.717, 1.165) is 0 Å². The van der Waals surface area contributed by atoms with Crippen LogP contribution in [0.2, 0.25) is 5.02 Å². The highest BCUT2D eigenvalue weighted by Crippen LogP contribution is 2.16. The molecule has 7 nitrogen and oxygen atoms in total. The number of nitrogens with one attached hydrogen (secondary N) is 1. The Morgan fingerprint density at radius 1 is 1.29 bits per heavy atom. The van der Waals surface area contributed by atoms with Gasteiger partial charge in [0.05, 0.1) is 6.42 Å². The minimum atomic E-state index is -0.284. The van der Waals surface area contributed by atoms with E-state index in [1.165, 1.54) is 10.6 Å². The molecule has 0 aliphatic heterocycles. The van der Waals surface area contributed by atoms with Crippen LogP contribution in [-0.4, -0.2) is 20.6 Å². The predicted octanol–water partition coefficient (Wildman–Crippen LogP) is 2.27. The van der Waals surface area contributed by atoms with Crippen molar-refractivity contribution >= 4 is 23.2 Å². The summed E-state index contributed by atoms with van der Waals surface area (Å²) in [6, 6.07) is 9.83. The fraction of sp³-hybridized carbons (Fsp3) is 0.125. The van der Waals surface area contributed by atoms with E-state index < -0.39 is 0 Å². The molecule has 0 aliphatic rings. The molecule has 24 heavy (non-hydrogen) atoms. The average Bonchev–Trinajstić information content (AvgIpc) is 3.00. The summed E-state index contributed by atoms with van der Waals surface area (Å²) >= 11 is 5.79. The second kappa shape index (κ2) is 6.67. The first-order valence-corrected chi connectivity index (χ1v) is 7.44. The number of carbonyl (C=O) groups is 1. The van der Waals surface area contributed by atoms with E-state index in [-0.39, 0.29) is 29.6 Å². The molecule has 0 atom stereocenters. The molecule has 0 radical (unpaired) electrons. The number of halogens is 1. The van der Waals surface area contributed by atoms with Crippen LogP contribution in [0.1, 0.15) is 5.82 Å². The zero-order chi connectivity index (χ0) is 17.1. The summed E-state index contributed by atoms with van der Waals surface area (Å²) in [5.41, 5.74) is 0.947. The van der Waals surface area contributed by atoms with Crippen LogP contribution in [0.4, 0.5) is 5.69 Å². The van der Waals surface area contributed by atoms with Crippen molar-refractivity contribution in [3.05, 3.63) is 63.8 Å². The Kier molecular flexibility index (Phi) is 4.43. The van der Waals surface area contributed by atoms with E-state index >= 15 is 0 Å². The number of benzene rings is 1. The summed E-state index contributed by atoms with van der Waals surface area (Å²) < 4.78 is 6.54. The van der Waals surface area contributed by atoms with Crippen molar-refractivity contribution in [2.75, 3.05) is 5.32 Å². The van der Waals surface area contributed by atoms with Gasteiger partial charge in [-0.05, 0) is 30.3 Å². The average molecular weight is 345 g/mol. The van der Waals surface area contributed by atoms with Crippen LogP contribution in [0.3, 0.4) is 0 Å². The number of amides is 1. The van der Waals surface area contributed by atoms with Gasteiger partial charge in [-0.25, -0.2) is 0 Å². The number of anilines is 1. The van der Waals surface area contributed by atoms with E-state index in [2.05, 4.69) is 15.5 Å². The van der Waals surface area contributed by atoms with Gasteiger partial charge in [-0.3, -0.25) is 9.59 Å². The standard InChI is InChI=1S/C16H13ClN4O3/c1-21-7-6-10(8-15(21)23)16-19-13(20-24-16)9-14(22)18-12-4-2-11(17)3-5-12/h2-8H,9H2,1H3,(H,18,22). The number of carbonyl (C=O) groups excluding carboxylic acids is 1. The zero-order valence-corrected chi connectivity index (χ0v) is 13.4. The van der Waals surface area contributed by atoms with Crippen molar-refractivity contribution in [1.82, 2.24) is 14.7 Å². The van der Waals surface area contributed by atoms with Crippen molar-refractivity contribution in [2.45, 2.75) is 6.42 Å². The molecule has 0 spiro atoms. The van der Waals surface area contributed by atoms with Gasteiger partial charge in [0.1, 0.15) is 0 Å². The molecule has 1 aromatic carbocycles. The first kappa shape index (κ1) is 15.9. The van der Waals surface area contributed by atoms with E-state index in [1.807, 2.05) is 0 Å². The molecule has 0 unspecified atom stereocenters. The molecular formula is C16H13ClN4O3. The maximum atomic E-state index is 12.0. The van der Waals surface area contributed by atoms with Crippen molar-refractivity contribution in [2.24, 2.45) is 7.05 Å². The van der Waals surface area contributed by atoms with Crippen LogP contribution in [0.25, 0.3) is 11.5 Å². The molecule has 0 saturated carbocycles. The van der Waals surface area contributed by atoms with Gasteiger partial charge in [0.25, 0.3) is 11.4 Å². The van der Waals surface area contributed by atoms with Crippen LogP contribution in [-0.2, 0) is 18.3 Å². The van der Waals surface area contributed by atoms with Gasteiger partial charge < -0.3 is 14.4 Å². The molecule has 3 aromatic rings. The summed E-state index contributed by atoms with van der Waals surface area (Å²) in [6.07, 6.45) is 1.56. The summed E-state index contributed by atoms with van der Waals surface area (Å²) in [5.74, 6) is 0.146. The Hall–Kier alpha value is -2.93. The van der Waals surface area contributed by atoms with Crippen molar-refractivity contribution in [1.29, 1.82) is 0 Å². The smallest absolute Gasteiger partial charge is 0.258 e. The highest BCUT2D eigenvalue weighted by Gasteiger charge is 2.13. The molecule has 2 heterocycles. The number of hydrogen-bond donors (Lipinski definition) is 1. The van der Waals surface area contributed by atoms with Crippen LogP contribution >= 0.6 is 11.6 Å². The van der Waals surface area contributed by atoms with Crippen LogP contribution in [0.15, 0.2) is 51.9 Å². The van der Waals surface area contributed by atoms with E-state index in [1.54, 1.807) is 43.6 Å². The van der Waals surface area contributed by atoms with Gasteiger partial charge in [-0.1, -0.05) is 16.8 Å². The highest BCUT2D eigenvalue weighted by atomic mass is 35.5. The van der Waals surface area contributed by atoms with Crippen LogP contribution < -0.4 is 10.9 Å². The van der Waals surface area contributed by atoms with Gasteiger partial charge >= 0.3 is 0 Å². The molecule has 0 saturated heterocycles. The number of rotatable bonds is 4. The van der Waals surface area contributed by atoms with Crippen LogP contribution in [0, 0.1) is 0 Å². The lowest BCUT2D eigenvalue weighted by Gasteiger charge is -2.02. The largest absolute Gasteiger partial charge is 0.334 e. The van der Waals surface area contributed by atoms with E-state index in [4.69, 9.17) is 16.1 Å². The third-order valence-electron chi connectivity index (χ3n) is 3.27. The first-order chi connectivity index (χ1) is 11.5. The highest BCUT2D eigenvalue weighted by molar-refractivity contribution is 6.30. The quantitative estimate of drug-likeness (QED) is 0.784. The minimum Gasteiger partial charge on any atom is -0.334 e. The third-order valence-corrected chi connectivity index (χ3v) is 3.52. The van der Waals surface area contributed by atoms with E-state index in [0.29, 0.717) is 16.3 Å². The Morgan fingerprint density at radius 2 is 2.04 bits per heavy atom. The van der Waals surface area contributed by atoms with Crippen molar-refractivity contribution < 1.29 is 9.32 Å². The number of aromatic nitrogens is 3. The topological polar surface area (TPSA) is 90.0 Å². The molecule has 122 valence electrons. The summed E-state index contributed by atoms with van der Waals surface area (Å²) in [4.78, 5) is 27.8.